The second-order valence-electron chi connectivity index (χ2n) is 5.81. The smallest absolute Gasteiger partial charge is 0.251 e. The number of hydrogen-bond donors (Lipinski definition) is 2. The highest BCUT2D eigenvalue weighted by Crippen LogP contribution is 2.20. The standard InChI is InChI=1S/C19H19FN2O3S/c1-4-14-9-16(11-18(10-14)22(3)12-26(24)25)19(23)21-13(2)15-5-7-17(20)8-6-15/h1,5-11,13H,12H2,2-3H3,(H,21,23)(H,24,25)/t13-/m1/s1. The number of benzene rings is 2. The SMILES string of the molecule is C#Cc1cc(C(=O)N[C@H](C)c2ccc(F)cc2)cc(N(C)CS(=O)O)c1. The highest BCUT2D eigenvalue weighted by molar-refractivity contribution is 7.79. The molecule has 2 rings (SSSR count). The average molecular weight is 374 g/mol. The zero-order valence-electron chi connectivity index (χ0n) is 14.4. The maximum atomic E-state index is 13.0. The maximum absolute atomic E-state index is 13.0. The Kier molecular flexibility index (Phi) is 6.50. The van der Waals surface area contributed by atoms with Gasteiger partial charge in [-0.1, -0.05) is 18.1 Å². The summed E-state index contributed by atoms with van der Waals surface area (Å²) in [6, 6.07) is 10.4. The van der Waals surface area contributed by atoms with Crippen LogP contribution in [0.1, 0.15) is 34.5 Å². The van der Waals surface area contributed by atoms with Gasteiger partial charge in [0.15, 0.2) is 11.1 Å². The van der Waals surface area contributed by atoms with E-state index in [1.165, 1.54) is 17.0 Å². The van der Waals surface area contributed by atoms with Crippen LogP contribution in [0.5, 0.6) is 0 Å². The Morgan fingerprint density at radius 1 is 1.35 bits per heavy atom. The molecule has 0 fully saturated rings. The number of nitrogens with one attached hydrogen (secondary N) is 1. The number of terminal acetylenes is 1. The molecule has 0 saturated carbocycles. The van der Waals surface area contributed by atoms with E-state index in [1.54, 1.807) is 44.3 Å². The third-order valence-corrected chi connectivity index (χ3v) is 4.42. The molecular weight excluding hydrogens is 355 g/mol. The minimum atomic E-state index is -2.01. The molecule has 0 saturated heterocycles. The number of halogens is 1. The van der Waals surface area contributed by atoms with E-state index in [0.29, 0.717) is 16.8 Å². The largest absolute Gasteiger partial charge is 0.361 e. The molecule has 2 N–H and O–H groups in total. The Bertz CT molecular complexity index is 862. The Hall–Kier alpha value is -2.69. The number of carbonyl (C=O) groups is 1. The summed E-state index contributed by atoms with van der Waals surface area (Å²) in [5.41, 5.74) is 2.14. The van der Waals surface area contributed by atoms with Gasteiger partial charge in [-0.2, -0.15) is 0 Å². The first-order valence-corrected chi connectivity index (χ1v) is 9.04. The first-order valence-electron chi connectivity index (χ1n) is 7.76. The van der Waals surface area contributed by atoms with Gasteiger partial charge in [-0.15, -0.1) is 6.42 Å². The number of hydrogen-bond acceptors (Lipinski definition) is 3. The van der Waals surface area contributed by atoms with Crippen molar-refractivity contribution in [3.63, 3.8) is 0 Å². The summed E-state index contributed by atoms with van der Waals surface area (Å²) in [7, 11) is 1.63. The molecule has 136 valence electrons. The van der Waals surface area contributed by atoms with Gasteiger partial charge in [0.1, 0.15) is 11.7 Å². The molecule has 7 heteroatoms. The van der Waals surface area contributed by atoms with Gasteiger partial charge in [-0.3, -0.25) is 4.79 Å². The van der Waals surface area contributed by atoms with Crippen molar-refractivity contribution in [2.45, 2.75) is 13.0 Å². The summed E-state index contributed by atoms with van der Waals surface area (Å²) in [6.45, 7) is 1.79. The summed E-state index contributed by atoms with van der Waals surface area (Å²) in [6.07, 6.45) is 5.45. The summed E-state index contributed by atoms with van der Waals surface area (Å²) in [4.78, 5) is 14.1. The highest BCUT2D eigenvalue weighted by atomic mass is 32.2. The molecular formula is C19H19FN2O3S. The van der Waals surface area contributed by atoms with E-state index in [-0.39, 0.29) is 23.6 Å². The molecule has 1 amide bonds. The van der Waals surface area contributed by atoms with E-state index < -0.39 is 11.1 Å². The zero-order valence-corrected chi connectivity index (χ0v) is 15.2. The lowest BCUT2D eigenvalue weighted by Crippen LogP contribution is -2.27. The Morgan fingerprint density at radius 2 is 2.00 bits per heavy atom. The van der Waals surface area contributed by atoms with Crippen molar-refractivity contribution in [3.8, 4) is 12.3 Å². The van der Waals surface area contributed by atoms with Crippen LogP contribution < -0.4 is 10.2 Å². The molecule has 1 unspecified atom stereocenters. The fraction of sp³-hybridized carbons (Fsp3) is 0.211. The zero-order chi connectivity index (χ0) is 19.3. The summed E-state index contributed by atoms with van der Waals surface area (Å²) in [5, 5.41) is 2.83. The molecule has 0 aromatic heterocycles. The van der Waals surface area contributed by atoms with Crippen molar-refractivity contribution >= 4 is 22.7 Å². The molecule has 2 aromatic rings. The lowest BCUT2D eigenvalue weighted by molar-refractivity contribution is 0.0940. The lowest BCUT2D eigenvalue weighted by atomic mass is 10.1. The molecule has 5 nitrogen and oxygen atoms in total. The van der Waals surface area contributed by atoms with Crippen molar-refractivity contribution in [3.05, 3.63) is 65.0 Å². The number of rotatable bonds is 6. The van der Waals surface area contributed by atoms with E-state index in [4.69, 9.17) is 11.0 Å². The minimum Gasteiger partial charge on any atom is -0.361 e. The lowest BCUT2D eigenvalue weighted by Gasteiger charge is -2.19. The van der Waals surface area contributed by atoms with Gasteiger partial charge >= 0.3 is 0 Å². The van der Waals surface area contributed by atoms with E-state index in [2.05, 4.69) is 11.2 Å². The van der Waals surface area contributed by atoms with Crippen molar-refractivity contribution in [2.75, 3.05) is 17.8 Å². The number of anilines is 1. The van der Waals surface area contributed by atoms with Gasteiger partial charge in [-0.05, 0) is 42.8 Å². The Labute approximate surface area is 154 Å². The molecule has 0 radical (unpaired) electrons. The van der Waals surface area contributed by atoms with Crippen molar-refractivity contribution in [2.24, 2.45) is 0 Å². The fourth-order valence-corrected chi connectivity index (χ4v) is 2.88. The molecule has 0 spiro atoms. The molecule has 0 aliphatic heterocycles. The predicted molar refractivity (Wildman–Crippen MR) is 101 cm³/mol. The first-order chi connectivity index (χ1) is 12.3. The summed E-state index contributed by atoms with van der Waals surface area (Å²) < 4.78 is 33.1. The van der Waals surface area contributed by atoms with E-state index in [0.717, 1.165) is 5.56 Å². The fourth-order valence-electron chi connectivity index (χ4n) is 2.40. The van der Waals surface area contributed by atoms with E-state index in [1.807, 2.05) is 0 Å². The number of nitrogens with zero attached hydrogens (tertiary/aromatic N) is 1. The molecule has 0 aliphatic carbocycles. The van der Waals surface area contributed by atoms with Gasteiger partial charge in [0.2, 0.25) is 0 Å². The van der Waals surface area contributed by atoms with E-state index in [9.17, 15) is 13.4 Å². The number of carbonyl (C=O) groups excluding carboxylic acids is 1. The summed E-state index contributed by atoms with van der Waals surface area (Å²) >= 11 is -2.01. The average Bonchev–Trinajstić information content (AvgIpc) is 2.61. The van der Waals surface area contributed by atoms with Crippen molar-refractivity contribution in [1.29, 1.82) is 0 Å². The number of amides is 1. The van der Waals surface area contributed by atoms with Crippen LogP contribution in [0.4, 0.5) is 10.1 Å². The second-order valence-corrected chi connectivity index (χ2v) is 6.71. The monoisotopic (exact) mass is 374 g/mol. The van der Waals surface area contributed by atoms with Gasteiger partial charge in [0.05, 0.1) is 6.04 Å². The maximum Gasteiger partial charge on any atom is 0.251 e. The van der Waals surface area contributed by atoms with Gasteiger partial charge in [-0.25, -0.2) is 8.60 Å². The minimum absolute atomic E-state index is 0.110. The molecule has 0 aliphatic rings. The topological polar surface area (TPSA) is 69.6 Å². The van der Waals surface area contributed by atoms with Crippen LogP contribution in [0.3, 0.4) is 0 Å². The van der Waals surface area contributed by atoms with Crippen LogP contribution in [0.15, 0.2) is 42.5 Å². The van der Waals surface area contributed by atoms with Crippen molar-refractivity contribution < 1.29 is 17.9 Å². The third kappa shape index (κ3) is 5.15. The van der Waals surface area contributed by atoms with Crippen LogP contribution in [0, 0.1) is 18.2 Å². The van der Waals surface area contributed by atoms with Crippen LogP contribution in [0.25, 0.3) is 0 Å². The van der Waals surface area contributed by atoms with E-state index >= 15 is 0 Å². The molecule has 0 bridgehead atoms. The van der Waals surface area contributed by atoms with Gasteiger partial charge in [0.25, 0.3) is 5.91 Å². The molecule has 2 atom stereocenters. The summed E-state index contributed by atoms with van der Waals surface area (Å²) in [5.74, 6) is 1.67. The van der Waals surface area contributed by atoms with Crippen LogP contribution in [-0.4, -0.2) is 27.6 Å². The quantitative estimate of drug-likeness (QED) is 0.603. The van der Waals surface area contributed by atoms with Crippen LogP contribution >= 0.6 is 0 Å². The Morgan fingerprint density at radius 3 is 2.58 bits per heavy atom. The van der Waals surface area contributed by atoms with Crippen LogP contribution in [-0.2, 0) is 11.1 Å². The van der Waals surface area contributed by atoms with Gasteiger partial charge in [0, 0.05) is 23.9 Å². The van der Waals surface area contributed by atoms with Gasteiger partial charge < -0.3 is 14.8 Å². The highest BCUT2D eigenvalue weighted by Gasteiger charge is 2.15. The molecule has 2 aromatic carbocycles. The third-order valence-electron chi connectivity index (χ3n) is 3.81. The molecule has 0 heterocycles. The normalized spacial score (nSPS) is 12.7. The second kappa shape index (κ2) is 8.61. The predicted octanol–water partition coefficient (Wildman–Crippen LogP) is 2.91. The molecule has 26 heavy (non-hydrogen) atoms. The Balaban J connectivity index is 2.23. The first kappa shape index (κ1) is 19.6. The van der Waals surface area contributed by atoms with Crippen LogP contribution in [0.2, 0.25) is 0 Å². The van der Waals surface area contributed by atoms with Crippen molar-refractivity contribution in [1.82, 2.24) is 5.32 Å².